The number of unbranched alkanes of at least 4 members (excludes halogenated alkanes) is 3. The van der Waals surface area contributed by atoms with Gasteiger partial charge in [-0.05, 0) is 38.3 Å². The highest BCUT2D eigenvalue weighted by atomic mass is 35.7. The maximum Gasteiger partial charge on any atom is 0.232 e. The molecule has 0 saturated carbocycles. The third-order valence-corrected chi connectivity index (χ3v) is 4.11. The molecule has 0 atom stereocenters. The Morgan fingerprint density at radius 3 is 2.42 bits per heavy atom. The van der Waals surface area contributed by atoms with Gasteiger partial charge in [-0.25, -0.2) is 8.42 Å². The zero-order chi connectivity index (χ0) is 14.3. The first-order chi connectivity index (χ1) is 8.88. The molecule has 0 heterocycles. The summed E-state index contributed by atoms with van der Waals surface area (Å²) in [7, 11) is 1.80. The van der Waals surface area contributed by atoms with E-state index in [2.05, 4.69) is 13.0 Å². The van der Waals surface area contributed by atoms with Gasteiger partial charge in [0.1, 0.15) is 5.75 Å². The second-order valence-corrected chi connectivity index (χ2v) is 7.67. The van der Waals surface area contributed by atoms with E-state index in [4.69, 9.17) is 15.4 Å². The maximum atomic E-state index is 10.7. The molecular formula is C14H21ClO3S. The Hall–Kier alpha value is -0.740. The first kappa shape index (κ1) is 16.3. The number of ether oxygens (including phenoxy) is 1. The van der Waals surface area contributed by atoms with Crippen LogP contribution >= 0.6 is 10.7 Å². The van der Waals surface area contributed by atoms with Crippen LogP contribution in [0.25, 0.3) is 0 Å². The standard InChI is InChI=1S/C14H21ClO3S/c1-12-7-8-14(13(2)11-12)18-9-5-3-4-6-10-19(15,16)17/h7-8,11H,3-6,9-10H2,1-2H3. The molecule has 19 heavy (non-hydrogen) atoms. The lowest BCUT2D eigenvalue weighted by Crippen LogP contribution is -2.00. The molecule has 0 aliphatic rings. The van der Waals surface area contributed by atoms with Gasteiger partial charge in [0.25, 0.3) is 0 Å². The molecule has 0 N–H and O–H groups in total. The fraction of sp³-hybridized carbons (Fsp3) is 0.571. The van der Waals surface area contributed by atoms with Crippen molar-refractivity contribution in [2.45, 2.75) is 39.5 Å². The monoisotopic (exact) mass is 304 g/mol. The van der Waals surface area contributed by atoms with Crippen LogP contribution in [0.1, 0.15) is 36.8 Å². The van der Waals surface area contributed by atoms with Gasteiger partial charge < -0.3 is 4.74 Å². The molecule has 1 aromatic rings. The summed E-state index contributed by atoms with van der Waals surface area (Å²) in [5.74, 6) is 0.987. The lowest BCUT2D eigenvalue weighted by atomic mass is 10.1. The normalized spacial score (nSPS) is 11.5. The molecule has 0 radical (unpaired) electrons. The second-order valence-electron chi connectivity index (χ2n) is 4.77. The van der Waals surface area contributed by atoms with E-state index >= 15 is 0 Å². The smallest absolute Gasteiger partial charge is 0.232 e. The third kappa shape index (κ3) is 7.43. The van der Waals surface area contributed by atoms with Gasteiger partial charge in [-0.2, -0.15) is 0 Å². The van der Waals surface area contributed by atoms with Crippen molar-refractivity contribution >= 4 is 19.7 Å². The molecule has 1 aromatic carbocycles. The Balaban J connectivity index is 2.14. The summed E-state index contributed by atoms with van der Waals surface area (Å²) < 4.78 is 27.1. The molecule has 0 fully saturated rings. The van der Waals surface area contributed by atoms with Crippen molar-refractivity contribution in [1.29, 1.82) is 0 Å². The highest BCUT2D eigenvalue weighted by molar-refractivity contribution is 8.13. The molecule has 0 aromatic heterocycles. The molecule has 0 aliphatic carbocycles. The van der Waals surface area contributed by atoms with Gasteiger partial charge in [0.05, 0.1) is 12.4 Å². The Labute approximate surface area is 120 Å². The van der Waals surface area contributed by atoms with Crippen molar-refractivity contribution in [3.8, 4) is 5.75 Å². The van der Waals surface area contributed by atoms with Gasteiger partial charge in [-0.15, -0.1) is 0 Å². The average molecular weight is 305 g/mol. The van der Waals surface area contributed by atoms with Crippen LogP contribution in [-0.2, 0) is 9.05 Å². The van der Waals surface area contributed by atoms with E-state index in [9.17, 15) is 8.42 Å². The van der Waals surface area contributed by atoms with E-state index in [0.717, 1.165) is 30.6 Å². The Morgan fingerprint density at radius 2 is 1.79 bits per heavy atom. The summed E-state index contributed by atoms with van der Waals surface area (Å²) in [5, 5.41) is 0. The van der Waals surface area contributed by atoms with Gasteiger partial charge in [-0.1, -0.05) is 30.5 Å². The maximum absolute atomic E-state index is 10.7. The van der Waals surface area contributed by atoms with E-state index in [-0.39, 0.29) is 5.75 Å². The van der Waals surface area contributed by atoms with Crippen molar-refractivity contribution in [3.05, 3.63) is 29.3 Å². The topological polar surface area (TPSA) is 43.4 Å². The van der Waals surface area contributed by atoms with Gasteiger partial charge in [0.15, 0.2) is 0 Å². The summed E-state index contributed by atoms with van der Waals surface area (Å²) in [5.41, 5.74) is 2.38. The van der Waals surface area contributed by atoms with Gasteiger partial charge in [-0.3, -0.25) is 0 Å². The zero-order valence-electron chi connectivity index (χ0n) is 11.5. The predicted molar refractivity (Wildman–Crippen MR) is 79.5 cm³/mol. The number of aryl methyl sites for hydroxylation is 2. The van der Waals surface area contributed by atoms with Crippen LogP contribution in [0.15, 0.2) is 18.2 Å². The van der Waals surface area contributed by atoms with Crippen LogP contribution < -0.4 is 4.74 Å². The molecule has 1 rings (SSSR count). The largest absolute Gasteiger partial charge is 0.493 e. The molecule has 3 nitrogen and oxygen atoms in total. The number of hydrogen-bond donors (Lipinski definition) is 0. The highest BCUT2D eigenvalue weighted by Crippen LogP contribution is 2.19. The number of benzene rings is 1. The van der Waals surface area contributed by atoms with Crippen LogP contribution in [0.2, 0.25) is 0 Å². The van der Waals surface area contributed by atoms with Crippen molar-refractivity contribution in [2.75, 3.05) is 12.4 Å². The minimum Gasteiger partial charge on any atom is -0.493 e. The minimum atomic E-state index is -3.33. The van der Waals surface area contributed by atoms with Crippen LogP contribution in [0.3, 0.4) is 0 Å². The first-order valence-corrected chi connectivity index (χ1v) is 8.99. The van der Waals surface area contributed by atoms with E-state index in [1.807, 2.05) is 19.1 Å². The van der Waals surface area contributed by atoms with Crippen LogP contribution in [0.4, 0.5) is 0 Å². The lowest BCUT2D eigenvalue weighted by molar-refractivity contribution is 0.303. The van der Waals surface area contributed by atoms with Crippen LogP contribution in [0.5, 0.6) is 5.75 Å². The van der Waals surface area contributed by atoms with Crippen molar-refractivity contribution < 1.29 is 13.2 Å². The molecular weight excluding hydrogens is 284 g/mol. The van der Waals surface area contributed by atoms with Crippen LogP contribution in [-0.4, -0.2) is 20.8 Å². The minimum absolute atomic E-state index is 0.0620. The SMILES string of the molecule is Cc1ccc(OCCCCCCS(=O)(=O)Cl)c(C)c1. The number of rotatable bonds is 8. The van der Waals surface area contributed by atoms with Crippen molar-refractivity contribution in [3.63, 3.8) is 0 Å². The second kappa shape index (κ2) is 7.75. The van der Waals surface area contributed by atoms with Crippen molar-refractivity contribution in [1.82, 2.24) is 0 Å². The van der Waals surface area contributed by atoms with E-state index in [1.54, 1.807) is 0 Å². The summed E-state index contributed by atoms with van der Waals surface area (Å²) in [6.07, 6.45) is 3.37. The molecule has 0 unspecified atom stereocenters. The fourth-order valence-electron chi connectivity index (χ4n) is 1.87. The fourth-order valence-corrected chi connectivity index (χ4v) is 2.75. The van der Waals surface area contributed by atoms with Gasteiger partial charge >= 0.3 is 0 Å². The van der Waals surface area contributed by atoms with Crippen LogP contribution in [0, 0.1) is 13.8 Å². The molecule has 108 valence electrons. The molecule has 0 saturated heterocycles. The summed E-state index contributed by atoms with van der Waals surface area (Å²) in [4.78, 5) is 0. The summed E-state index contributed by atoms with van der Waals surface area (Å²) in [6, 6.07) is 6.12. The molecule has 0 bridgehead atoms. The Morgan fingerprint density at radius 1 is 1.11 bits per heavy atom. The van der Waals surface area contributed by atoms with E-state index in [1.165, 1.54) is 5.56 Å². The van der Waals surface area contributed by atoms with E-state index < -0.39 is 9.05 Å². The lowest BCUT2D eigenvalue weighted by Gasteiger charge is -2.09. The van der Waals surface area contributed by atoms with Gasteiger partial charge in [0, 0.05) is 10.7 Å². The molecule has 0 spiro atoms. The quantitative estimate of drug-likeness (QED) is 0.542. The molecule has 0 aliphatic heterocycles. The zero-order valence-corrected chi connectivity index (χ0v) is 13.1. The Bertz CT molecular complexity index is 497. The summed E-state index contributed by atoms with van der Waals surface area (Å²) in [6.45, 7) is 4.76. The Kier molecular flexibility index (Phi) is 6.66. The molecule has 0 amide bonds. The predicted octanol–water partition coefficient (Wildman–Crippen LogP) is 3.81. The average Bonchev–Trinajstić information content (AvgIpc) is 2.29. The summed E-state index contributed by atoms with van der Waals surface area (Å²) >= 11 is 0. The van der Waals surface area contributed by atoms with Gasteiger partial charge in [0.2, 0.25) is 9.05 Å². The number of hydrogen-bond acceptors (Lipinski definition) is 3. The number of halogens is 1. The third-order valence-electron chi connectivity index (χ3n) is 2.87. The van der Waals surface area contributed by atoms with Crippen molar-refractivity contribution in [2.24, 2.45) is 0 Å². The van der Waals surface area contributed by atoms with E-state index in [0.29, 0.717) is 13.0 Å². The molecule has 5 heteroatoms. The highest BCUT2D eigenvalue weighted by Gasteiger charge is 2.04. The first-order valence-electron chi connectivity index (χ1n) is 6.51.